The number of hydrogen-bond donors (Lipinski definition) is 1. The zero-order valence-corrected chi connectivity index (χ0v) is 12.3. The van der Waals surface area contributed by atoms with Crippen molar-refractivity contribution in [2.45, 2.75) is 42.6 Å². The van der Waals surface area contributed by atoms with Crippen molar-refractivity contribution in [3.8, 4) is 0 Å². The predicted octanol–water partition coefficient (Wildman–Crippen LogP) is 2.87. The van der Waals surface area contributed by atoms with Gasteiger partial charge < -0.3 is 5.32 Å². The van der Waals surface area contributed by atoms with Crippen LogP contribution in [-0.2, 0) is 16.0 Å². The van der Waals surface area contributed by atoms with Crippen LogP contribution in [0.5, 0.6) is 0 Å². The Labute approximate surface area is 117 Å². The maximum Gasteiger partial charge on any atom is 0.416 e. The topological polar surface area (TPSA) is 46.2 Å². The number of sulfone groups is 1. The van der Waals surface area contributed by atoms with Crippen molar-refractivity contribution in [1.29, 1.82) is 0 Å². The van der Waals surface area contributed by atoms with Crippen LogP contribution < -0.4 is 5.32 Å². The second kappa shape index (κ2) is 6.13. The van der Waals surface area contributed by atoms with Gasteiger partial charge in [0.2, 0.25) is 0 Å². The van der Waals surface area contributed by atoms with Crippen LogP contribution >= 0.6 is 0 Å². The molecule has 0 radical (unpaired) electrons. The summed E-state index contributed by atoms with van der Waals surface area (Å²) < 4.78 is 62.4. The summed E-state index contributed by atoms with van der Waals surface area (Å²) in [5.74, 6) is 0. The maximum atomic E-state index is 12.6. The van der Waals surface area contributed by atoms with Crippen LogP contribution in [0.4, 0.5) is 13.2 Å². The van der Waals surface area contributed by atoms with Crippen LogP contribution in [0.3, 0.4) is 0 Å². The smallest absolute Gasteiger partial charge is 0.317 e. The zero-order valence-electron chi connectivity index (χ0n) is 11.5. The number of alkyl halides is 3. The summed E-state index contributed by atoms with van der Waals surface area (Å²) in [4.78, 5) is -0.289. The summed E-state index contributed by atoms with van der Waals surface area (Å²) in [6.07, 6.45) is -4.22. The van der Waals surface area contributed by atoms with E-state index in [-0.39, 0.29) is 10.9 Å². The number of hydrogen-bond acceptors (Lipinski definition) is 3. The number of rotatable bonds is 5. The van der Waals surface area contributed by atoms with Gasteiger partial charge in [-0.05, 0) is 45.5 Å². The van der Waals surface area contributed by atoms with Crippen LogP contribution in [0.25, 0.3) is 0 Å². The predicted molar refractivity (Wildman–Crippen MR) is 71.2 cm³/mol. The summed E-state index contributed by atoms with van der Waals surface area (Å²) >= 11 is 0. The Morgan fingerprint density at radius 3 is 2.35 bits per heavy atom. The van der Waals surface area contributed by atoms with Crippen LogP contribution in [0.2, 0.25) is 0 Å². The van der Waals surface area contributed by atoms with Crippen molar-refractivity contribution >= 4 is 9.84 Å². The molecule has 114 valence electrons. The van der Waals surface area contributed by atoms with E-state index in [0.717, 1.165) is 12.1 Å². The van der Waals surface area contributed by atoms with Gasteiger partial charge in [0.05, 0.1) is 15.7 Å². The van der Waals surface area contributed by atoms with Crippen molar-refractivity contribution in [3.63, 3.8) is 0 Å². The van der Waals surface area contributed by atoms with Crippen molar-refractivity contribution in [3.05, 3.63) is 29.8 Å². The number of halogens is 3. The quantitative estimate of drug-likeness (QED) is 0.910. The van der Waals surface area contributed by atoms with Crippen LogP contribution in [0, 0.1) is 0 Å². The van der Waals surface area contributed by atoms with E-state index in [0.29, 0.717) is 12.5 Å². The van der Waals surface area contributed by atoms with Crippen molar-refractivity contribution in [2.24, 2.45) is 0 Å². The fraction of sp³-hybridized carbons (Fsp3) is 0.538. The lowest BCUT2D eigenvalue weighted by Crippen LogP contribution is -2.29. The molecule has 1 aromatic carbocycles. The summed E-state index contributed by atoms with van der Waals surface area (Å²) in [7, 11) is -2.06. The molecule has 0 aliphatic heterocycles. The van der Waals surface area contributed by atoms with E-state index < -0.39 is 26.8 Å². The molecule has 1 N–H and O–H groups in total. The van der Waals surface area contributed by atoms with Crippen molar-refractivity contribution in [1.82, 2.24) is 5.32 Å². The average Bonchev–Trinajstić information content (AvgIpc) is 2.37. The lowest BCUT2D eigenvalue weighted by Gasteiger charge is -2.18. The van der Waals surface area contributed by atoms with E-state index in [1.807, 2.05) is 6.92 Å². The third kappa shape index (κ3) is 3.96. The second-order valence-corrected chi connectivity index (χ2v) is 7.17. The van der Waals surface area contributed by atoms with E-state index in [1.165, 1.54) is 13.0 Å². The van der Waals surface area contributed by atoms with Gasteiger partial charge in [0, 0.05) is 6.04 Å². The van der Waals surface area contributed by atoms with Crippen molar-refractivity contribution in [2.75, 3.05) is 7.05 Å². The molecule has 0 bridgehead atoms. The van der Waals surface area contributed by atoms with E-state index in [9.17, 15) is 21.6 Å². The fourth-order valence-electron chi connectivity index (χ4n) is 1.82. The van der Waals surface area contributed by atoms with Gasteiger partial charge in [-0.2, -0.15) is 13.2 Å². The molecule has 1 rings (SSSR count). The fourth-order valence-corrected chi connectivity index (χ4v) is 3.39. The monoisotopic (exact) mass is 309 g/mol. The highest BCUT2D eigenvalue weighted by molar-refractivity contribution is 7.92. The summed E-state index contributed by atoms with van der Waals surface area (Å²) in [5.41, 5.74) is -0.951. The first-order chi connectivity index (χ1) is 9.09. The molecule has 0 heterocycles. The van der Waals surface area contributed by atoms with Crippen LogP contribution in [0.15, 0.2) is 29.2 Å². The van der Waals surface area contributed by atoms with Crippen LogP contribution in [-0.4, -0.2) is 26.8 Å². The largest absolute Gasteiger partial charge is 0.416 e. The highest BCUT2D eigenvalue weighted by Gasteiger charge is 2.32. The SMILES string of the molecule is CNC(C)CC(C)S(=O)(=O)c1cccc(C(F)(F)F)c1. The second-order valence-electron chi connectivity index (χ2n) is 4.81. The maximum absolute atomic E-state index is 12.6. The standard InChI is InChI=1S/C13H18F3NO2S/c1-9(17-3)7-10(2)20(18,19)12-6-4-5-11(8-12)13(14,15)16/h4-6,8-10,17H,7H2,1-3H3. The first-order valence-corrected chi connectivity index (χ1v) is 7.72. The van der Waals surface area contributed by atoms with Crippen LogP contribution in [0.1, 0.15) is 25.8 Å². The average molecular weight is 309 g/mol. The molecule has 0 amide bonds. The number of nitrogens with one attached hydrogen (secondary N) is 1. The molecule has 7 heteroatoms. The summed E-state index contributed by atoms with van der Waals surface area (Å²) in [5, 5.41) is 2.15. The molecule has 20 heavy (non-hydrogen) atoms. The third-order valence-corrected chi connectivity index (χ3v) is 5.36. The van der Waals surface area contributed by atoms with Gasteiger partial charge in [-0.25, -0.2) is 8.42 Å². The molecule has 0 aliphatic rings. The lowest BCUT2D eigenvalue weighted by molar-refractivity contribution is -0.137. The van der Waals surface area contributed by atoms with Gasteiger partial charge in [0.1, 0.15) is 0 Å². The van der Waals surface area contributed by atoms with E-state index in [4.69, 9.17) is 0 Å². The Morgan fingerprint density at radius 1 is 1.25 bits per heavy atom. The molecule has 0 saturated carbocycles. The van der Waals surface area contributed by atoms with Gasteiger partial charge in [-0.15, -0.1) is 0 Å². The molecule has 0 aromatic heterocycles. The highest BCUT2D eigenvalue weighted by Crippen LogP contribution is 2.31. The van der Waals surface area contributed by atoms with Gasteiger partial charge in [0.25, 0.3) is 0 Å². The Balaban J connectivity index is 3.10. The number of benzene rings is 1. The minimum atomic E-state index is -4.55. The van der Waals surface area contributed by atoms with Gasteiger partial charge >= 0.3 is 6.18 Å². The molecule has 0 saturated heterocycles. The summed E-state index contributed by atoms with van der Waals surface area (Å²) in [6.45, 7) is 3.32. The molecular weight excluding hydrogens is 291 g/mol. The summed E-state index contributed by atoms with van der Waals surface area (Å²) in [6, 6.07) is 3.83. The Morgan fingerprint density at radius 2 is 1.85 bits per heavy atom. The molecule has 0 fully saturated rings. The van der Waals surface area contributed by atoms with Gasteiger partial charge in [-0.1, -0.05) is 6.07 Å². The molecule has 2 unspecified atom stereocenters. The Kier molecular flexibility index (Phi) is 5.21. The minimum absolute atomic E-state index is 0.0365. The zero-order chi connectivity index (χ0) is 15.6. The van der Waals surface area contributed by atoms with E-state index in [2.05, 4.69) is 5.32 Å². The molecule has 2 atom stereocenters. The molecule has 1 aromatic rings. The Hall–Kier alpha value is -1.08. The third-order valence-electron chi connectivity index (χ3n) is 3.20. The molecule has 0 spiro atoms. The molecule has 3 nitrogen and oxygen atoms in total. The van der Waals surface area contributed by atoms with Crippen molar-refractivity contribution < 1.29 is 21.6 Å². The Bertz CT molecular complexity index is 555. The van der Waals surface area contributed by atoms with E-state index >= 15 is 0 Å². The van der Waals surface area contributed by atoms with E-state index in [1.54, 1.807) is 7.05 Å². The molecule has 0 aliphatic carbocycles. The van der Waals surface area contributed by atoms with Gasteiger partial charge in [0.15, 0.2) is 9.84 Å². The van der Waals surface area contributed by atoms with Gasteiger partial charge in [-0.3, -0.25) is 0 Å². The first-order valence-electron chi connectivity index (χ1n) is 6.17. The lowest BCUT2D eigenvalue weighted by atomic mass is 10.2. The molecular formula is C13H18F3NO2S. The normalized spacial score (nSPS) is 15.9. The minimum Gasteiger partial charge on any atom is -0.317 e. The highest BCUT2D eigenvalue weighted by atomic mass is 32.2. The first kappa shape index (κ1) is 17.0.